The summed E-state index contributed by atoms with van der Waals surface area (Å²) < 4.78 is 6.60. The van der Waals surface area contributed by atoms with E-state index in [1.165, 1.54) is 4.52 Å². The maximum atomic E-state index is 12.9. The third kappa shape index (κ3) is 3.96. The summed E-state index contributed by atoms with van der Waals surface area (Å²) in [6, 6.07) is 6.10. The summed E-state index contributed by atoms with van der Waals surface area (Å²) in [5.41, 5.74) is 4.79. The van der Waals surface area contributed by atoms with Crippen molar-refractivity contribution in [3.8, 4) is 0 Å². The van der Waals surface area contributed by atoms with Gasteiger partial charge in [-0.25, -0.2) is 9.98 Å². The van der Waals surface area contributed by atoms with Crippen molar-refractivity contribution >= 4 is 23.6 Å². The van der Waals surface area contributed by atoms with Gasteiger partial charge in [-0.15, -0.1) is 0 Å². The molecule has 29 heavy (non-hydrogen) atoms. The van der Waals surface area contributed by atoms with Gasteiger partial charge in [-0.1, -0.05) is 20.4 Å². The molecule has 0 unspecified atom stereocenters. The maximum Gasteiger partial charge on any atom is 0.276 e. The van der Waals surface area contributed by atoms with E-state index in [0.29, 0.717) is 28.5 Å². The molecular formula is C22H29N5O2. The molecule has 0 saturated carbocycles. The second kappa shape index (κ2) is 8.21. The van der Waals surface area contributed by atoms with Gasteiger partial charge >= 0.3 is 0 Å². The first-order valence-corrected chi connectivity index (χ1v) is 9.74. The molecule has 0 aliphatic rings. The zero-order valence-electron chi connectivity index (χ0n) is 18.0. The van der Waals surface area contributed by atoms with E-state index in [1.54, 1.807) is 7.11 Å². The highest BCUT2D eigenvalue weighted by molar-refractivity contribution is 5.58. The molecule has 0 aliphatic heterocycles. The minimum Gasteiger partial charge on any atom is -0.383 e. The molecule has 0 saturated heterocycles. The fraction of sp³-hybridized carbons (Fsp3) is 0.409. The third-order valence-corrected chi connectivity index (χ3v) is 5.11. The molecule has 0 bridgehead atoms. The molecule has 0 amide bonds. The van der Waals surface area contributed by atoms with Crippen molar-refractivity contribution in [3.63, 3.8) is 0 Å². The molecule has 0 atom stereocenters. The van der Waals surface area contributed by atoms with Gasteiger partial charge in [0, 0.05) is 37.6 Å². The maximum absolute atomic E-state index is 12.9. The number of hydrogen-bond donors (Lipinski definition) is 1. The predicted octanol–water partition coefficient (Wildman–Crippen LogP) is 2.21. The van der Waals surface area contributed by atoms with Gasteiger partial charge in [0.05, 0.1) is 17.6 Å². The number of nitrogens with zero attached hydrogens (tertiary/aromatic N) is 4. The predicted molar refractivity (Wildman–Crippen MR) is 117 cm³/mol. The summed E-state index contributed by atoms with van der Waals surface area (Å²) in [5, 5.41) is 4.18. The molecule has 1 aromatic carbocycles. The molecule has 2 heterocycles. The lowest BCUT2D eigenvalue weighted by molar-refractivity contribution is 0.206. The smallest absolute Gasteiger partial charge is 0.276 e. The van der Waals surface area contributed by atoms with Crippen LogP contribution in [-0.4, -0.2) is 41.9 Å². The van der Waals surface area contributed by atoms with Gasteiger partial charge in [0.2, 0.25) is 0 Å². The Balaban J connectivity index is 2.13. The fourth-order valence-electron chi connectivity index (χ4n) is 3.49. The van der Waals surface area contributed by atoms with Crippen molar-refractivity contribution in [1.82, 2.24) is 14.6 Å². The Morgan fingerprint density at radius 3 is 2.69 bits per heavy atom. The molecule has 154 valence electrons. The van der Waals surface area contributed by atoms with Crippen molar-refractivity contribution in [2.75, 3.05) is 32.2 Å². The Morgan fingerprint density at radius 1 is 1.34 bits per heavy atom. The molecule has 0 spiro atoms. The van der Waals surface area contributed by atoms with Gasteiger partial charge in [-0.2, -0.15) is 4.52 Å². The zero-order valence-corrected chi connectivity index (χ0v) is 18.0. The third-order valence-electron chi connectivity index (χ3n) is 5.11. The lowest BCUT2D eigenvalue weighted by Crippen LogP contribution is -2.24. The van der Waals surface area contributed by atoms with E-state index < -0.39 is 0 Å². The van der Waals surface area contributed by atoms with Crippen LogP contribution in [0.15, 0.2) is 28.0 Å². The summed E-state index contributed by atoms with van der Waals surface area (Å²) in [6.45, 7) is 13.4. The number of likely N-dealkylation sites (N-methyl/N-ethyl adjacent to an activating group) is 1. The van der Waals surface area contributed by atoms with Crippen LogP contribution in [0.25, 0.3) is 12.2 Å². The van der Waals surface area contributed by atoms with E-state index in [-0.39, 0.29) is 11.5 Å². The van der Waals surface area contributed by atoms with Crippen molar-refractivity contribution < 1.29 is 4.74 Å². The first kappa shape index (κ1) is 20.8. The number of hydrogen-bond acceptors (Lipinski definition) is 5. The van der Waals surface area contributed by atoms with Crippen molar-refractivity contribution in [2.24, 2.45) is 4.99 Å². The van der Waals surface area contributed by atoms with E-state index in [4.69, 9.17) is 9.73 Å². The van der Waals surface area contributed by atoms with Crippen LogP contribution in [0.4, 0.5) is 11.4 Å². The number of methoxy groups -OCH3 is 1. The molecule has 7 heteroatoms. The topological polar surface area (TPSA) is 75.0 Å². The first-order chi connectivity index (χ1) is 13.7. The molecule has 7 nitrogen and oxygen atoms in total. The van der Waals surface area contributed by atoms with Gasteiger partial charge in [-0.05, 0) is 43.5 Å². The van der Waals surface area contributed by atoms with Crippen LogP contribution in [0.2, 0.25) is 0 Å². The first-order valence-electron chi connectivity index (χ1n) is 9.74. The summed E-state index contributed by atoms with van der Waals surface area (Å²) in [6.07, 6.45) is 0. The highest BCUT2D eigenvalue weighted by Gasteiger charge is 2.15. The lowest BCUT2D eigenvalue weighted by Gasteiger charge is -2.19. The Labute approximate surface area is 170 Å². The van der Waals surface area contributed by atoms with E-state index in [2.05, 4.69) is 27.6 Å². The SMILES string of the molecule is C=c1[nH]n2c(=O)c(C(C)C)c(C)nc2c1=Nc1ccc(N(C)CCOC)cc1C. The number of aromatic amines is 1. The molecule has 0 aliphatic carbocycles. The fourth-order valence-corrected chi connectivity index (χ4v) is 3.49. The van der Waals surface area contributed by atoms with Crippen molar-refractivity contribution in [1.29, 1.82) is 0 Å². The number of nitrogens with one attached hydrogen (secondary N) is 1. The summed E-state index contributed by atoms with van der Waals surface area (Å²) >= 11 is 0. The molecule has 2 aromatic heterocycles. The average Bonchev–Trinajstić information content (AvgIpc) is 2.97. The zero-order chi connectivity index (χ0) is 21.3. The number of ether oxygens (including phenoxy) is 1. The number of aromatic nitrogens is 3. The second-order valence-corrected chi connectivity index (χ2v) is 7.67. The number of anilines is 1. The Hall–Kier alpha value is -2.93. The molecule has 3 aromatic rings. The average molecular weight is 396 g/mol. The van der Waals surface area contributed by atoms with Crippen molar-refractivity contribution in [2.45, 2.75) is 33.6 Å². The van der Waals surface area contributed by atoms with Crippen LogP contribution in [0.1, 0.15) is 36.6 Å². The Bertz CT molecular complexity index is 1210. The highest BCUT2D eigenvalue weighted by Crippen LogP contribution is 2.24. The number of rotatable bonds is 6. The normalized spacial score (nSPS) is 12.3. The standard InChI is InChI=1S/C22H29N5O2/c1-13(2)19-15(4)23-21-20(16(5)25-27(21)22(19)28)24-18-9-8-17(12-14(18)3)26(6)10-11-29-7/h8-9,12-13,25H,5,10-11H2,1-4,6-7H3. The monoisotopic (exact) mass is 395 g/mol. The van der Waals surface area contributed by atoms with Crippen LogP contribution in [0.5, 0.6) is 0 Å². The minimum atomic E-state index is -0.0966. The quantitative estimate of drug-likeness (QED) is 0.694. The van der Waals surface area contributed by atoms with E-state index in [9.17, 15) is 4.79 Å². The minimum absolute atomic E-state index is 0.0914. The van der Waals surface area contributed by atoms with Crippen LogP contribution in [-0.2, 0) is 4.74 Å². The van der Waals surface area contributed by atoms with Crippen molar-refractivity contribution in [3.05, 3.63) is 56.1 Å². The molecule has 1 N–H and O–H groups in total. The van der Waals surface area contributed by atoms with E-state index in [1.807, 2.05) is 46.9 Å². The molecular weight excluding hydrogens is 366 g/mol. The summed E-state index contributed by atoms with van der Waals surface area (Å²) in [7, 11) is 3.73. The van der Waals surface area contributed by atoms with Crippen LogP contribution >= 0.6 is 0 Å². The van der Waals surface area contributed by atoms with Crippen LogP contribution in [0.3, 0.4) is 0 Å². The largest absolute Gasteiger partial charge is 0.383 e. The number of benzene rings is 1. The summed E-state index contributed by atoms with van der Waals surface area (Å²) in [4.78, 5) is 24.5. The van der Waals surface area contributed by atoms with Gasteiger partial charge in [0.25, 0.3) is 5.56 Å². The summed E-state index contributed by atoms with van der Waals surface area (Å²) in [5.74, 6) is 0.0914. The number of aryl methyl sites for hydroxylation is 2. The number of H-pyrrole nitrogens is 1. The molecule has 0 fully saturated rings. The molecule has 3 rings (SSSR count). The highest BCUT2D eigenvalue weighted by atomic mass is 16.5. The Morgan fingerprint density at radius 2 is 2.07 bits per heavy atom. The lowest BCUT2D eigenvalue weighted by atomic mass is 10.0. The van der Waals surface area contributed by atoms with Gasteiger partial charge in [-0.3, -0.25) is 9.89 Å². The van der Waals surface area contributed by atoms with Gasteiger partial charge < -0.3 is 9.64 Å². The molecule has 0 radical (unpaired) electrons. The Kier molecular flexibility index (Phi) is 5.88. The van der Waals surface area contributed by atoms with Gasteiger partial charge in [0.1, 0.15) is 5.36 Å². The van der Waals surface area contributed by atoms with E-state index >= 15 is 0 Å². The van der Waals surface area contributed by atoms with Crippen LogP contribution < -0.4 is 21.2 Å². The number of fused-ring (bicyclic) bond motifs is 1. The van der Waals surface area contributed by atoms with E-state index in [0.717, 1.165) is 29.2 Å². The second-order valence-electron chi connectivity index (χ2n) is 7.67. The van der Waals surface area contributed by atoms with Gasteiger partial charge in [0.15, 0.2) is 5.65 Å². The van der Waals surface area contributed by atoms with Crippen LogP contribution in [0, 0.1) is 13.8 Å².